The maximum absolute atomic E-state index is 4.01. The van der Waals surface area contributed by atoms with Gasteiger partial charge in [0.05, 0.1) is 5.75 Å². The van der Waals surface area contributed by atoms with Gasteiger partial charge in [0, 0.05) is 11.1 Å². The summed E-state index contributed by atoms with van der Waals surface area (Å²) in [5.74, 6) is 7.01. The van der Waals surface area contributed by atoms with Crippen LogP contribution >= 0.6 is 12.6 Å². The van der Waals surface area contributed by atoms with E-state index in [0.717, 1.165) is 11.1 Å². The van der Waals surface area contributed by atoms with Crippen molar-refractivity contribution in [2.24, 2.45) is 0 Å². The number of thiol groups is 1. The van der Waals surface area contributed by atoms with E-state index >= 15 is 0 Å². The van der Waals surface area contributed by atoms with Gasteiger partial charge in [-0.2, -0.15) is 17.8 Å². The summed E-state index contributed by atoms with van der Waals surface area (Å²) in [6, 6.07) is 7.66. The van der Waals surface area contributed by atoms with Gasteiger partial charge in [-0.3, -0.25) is 0 Å². The maximum atomic E-state index is 4.01. The van der Waals surface area contributed by atoms with Gasteiger partial charge in [-0.15, -0.1) is 10.2 Å². The lowest BCUT2D eigenvalue weighted by atomic mass is 10.1. The molecule has 2 rings (SSSR count). The number of aromatic amines is 1. The van der Waals surface area contributed by atoms with Crippen LogP contribution in [0, 0.1) is 11.8 Å². The Morgan fingerprint density at radius 2 is 2.07 bits per heavy atom. The summed E-state index contributed by atoms with van der Waals surface area (Å²) in [6.45, 7) is 0. The first-order chi connectivity index (χ1) is 7.40. The number of hydrogen-bond acceptors (Lipinski definition) is 4. The van der Waals surface area contributed by atoms with Gasteiger partial charge in [0.15, 0.2) is 0 Å². The minimum Gasteiger partial charge on any atom is -0.177 e. The second-order valence-corrected chi connectivity index (χ2v) is 3.09. The van der Waals surface area contributed by atoms with Gasteiger partial charge in [-0.25, -0.2) is 0 Å². The molecule has 2 aromatic rings. The molecule has 0 aliphatic rings. The molecule has 0 aliphatic carbocycles. The molecule has 0 bridgehead atoms. The summed E-state index contributed by atoms with van der Waals surface area (Å²) in [5, 5.41) is 13.7. The van der Waals surface area contributed by atoms with E-state index in [-0.39, 0.29) is 0 Å². The maximum Gasteiger partial charge on any atom is 0.204 e. The standard InChI is InChI=1S/C10H8N4S/c15-7-1-2-8-3-5-9(6-4-8)10-11-13-14-12-10/h3-6,15H,7H2,(H,11,12,13,14). The van der Waals surface area contributed by atoms with Crippen LogP contribution in [0.4, 0.5) is 0 Å². The Labute approximate surface area is 92.5 Å². The smallest absolute Gasteiger partial charge is 0.177 e. The minimum atomic E-state index is 0.562. The van der Waals surface area contributed by atoms with Crippen LogP contribution in [0.5, 0.6) is 0 Å². The zero-order chi connectivity index (χ0) is 10.5. The van der Waals surface area contributed by atoms with Gasteiger partial charge < -0.3 is 0 Å². The van der Waals surface area contributed by atoms with Crippen molar-refractivity contribution in [3.05, 3.63) is 29.8 Å². The molecule has 0 amide bonds. The van der Waals surface area contributed by atoms with Crippen molar-refractivity contribution >= 4 is 12.6 Å². The quantitative estimate of drug-likeness (QED) is 0.555. The zero-order valence-electron chi connectivity index (χ0n) is 7.81. The molecule has 0 spiro atoms. The van der Waals surface area contributed by atoms with Crippen LogP contribution in [0.2, 0.25) is 0 Å². The Kier molecular flexibility index (Phi) is 3.00. The predicted octanol–water partition coefficient (Wildman–Crippen LogP) is 1.15. The van der Waals surface area contributed by atoms with E-state index < -0.39 is 0 Å². The van der Waals surface area contributed by atoms with E-state index in [1.807, 2.05) is 24.3 Å². The third-order valence-electron chi connectivity index (χ3n) is 1.80. The average molecular weight is 216 g/mol. The number of rotatable bonds is 1. The van der Waals surface area contributed by atoms with Gasteiger partial charge in [0.2, 0.25) is 5.82 Å². The lowest BCUT2D eigenvalue weighted by Crippen LogP contribution is -1.81. The summed E-state index contributed by atoms with van der Waals surface area (Å²) in [7, 11) is 0. The van der Waals surface area contributed by atoms with E-state index in [4.69, 9.17) is 0 Å². The van der Waals surface area contributed by atoms with Gasteiger partial charge in [0.1, 0.15) is 0 Å². The fourth-order valence-corrected chi connectivity index (χ4v) is 1.21. The summed E-state index contributed by atoms with van der Waals surface area (Å²) in [5.41, 5.74) is 1.87. The van der Waals surface area contributed by atoms with Crippen LogP contribution in [0.3, 0.4) is 0 Å². The molecule has 1 N–H and O–H groups in total. The molecule has 1 heterocycles. The highest BCUT2D eigenvalue weighted by atomic mass is 32.1. The average Bonchev–Trinajstić information content (AvgIpc) is 2.80. The van der Waals surface area contributed by atoms with E-state index in [0.29, 0.717) is 11.6 Å². The van der Waals surface area contributed by atoms with Crippen molar-refractivity contribution < 1.29 is 0 Å². The Hall–Kier alpha value is -1.80. The number of aromatic nitrogens is 4. The summed E-state index contributed by atoms with van der Waals surface area (Å²) in [4.78, 5) is 0. The summed E-state index contributed by atoms with van der Waals surface area (Å²) < 4.78 is 0. The molecule has 0 saturated carbocycles. The molecular weight excluding hydrogens is 208 g/mol. The molecule has 1 aromatic heterocycles. The predicted molar refractivity (Wildman–Crippen MR) is 60.3 cm³/mol. The van der Waals surface area contributed by atoms with Crippen LogP contribution in [-0.4, -0.2) is 26.4 Å². The van der Waals surface area contributed by atoms with E-state index in [1.165, 1.54) is 0 Å². The molecule has 0 saturated heterocycles. The topological polar surface area (TPSA) is 54.5 Å². The number of tetrazole rings is 1. The van der Waals surface area contributed by atoms with E-state index in [2.05, 4.69) is 45.1 Å². The highest BCUT2D eigenvalue weighted by Gasteiger charge is 2.00. The molecule has 74 valence electrons. The second-order valence-electron chi connectivity index (χ2n) is 2.77. The van der Waals surface area contributed by atoms with Gasteiger partial charge in [-0.1, -0.05) is 11.8 Å². The van der Waals surface area contributed by atoms with Crippen molar-refractivity contribution in [2.75, 3.05) is 5.75 Å². The molecular formula is C10H8N4S. The minimum absolute atomic E-state index is 0.562. The molecule has 0 unspecified atom stereocenters. The molecule has 4 nitrogen and oxygen atoms in total. The molecule has 0 aliphatic heterocycles. The molecule has 15 heavy (non-hydrogen) atoms. The lowest BCUT2D eigenvalue weighted by molar-refractivity contribution is 0.881. The molecule has 1 aromatic carbocycles. The van der Waals surface area contributed by atoms with E-state index in [1.54, 1.807) is 0 Å². The molecule has 5 heteroatoms. The van der Waals surface area contributed by atoms with E-state index in [9.17, 15) is 0 Å². The second kappa shape index (κ2) is 4.62. The first-order valence-electron chi connectivity index (χ1n) is 4.34. The molecule has 0 atom stereocenters. The van der Waals surface area contributed by atoms with Crippen LogP contribution in [0.15, 0.2) is 24.3 Å². The largest absolute Gasteiger partial charge is 0.204 e. The first-order valence-corrected chi connectivity index (χ1v) is 4.97. The highest BCUT2D eigenvalue weighted by molar-refractivity contribution is 7.80. The number of H-pyrrole nitrogens is 1. The van der Waals surface area contributed by atoms with Crippen molar-refractivity contribution in [2.45, 2.75) is 0 Å². The number of hydrogen-bond donors (Lipinski definition) is 2. The fraction of sp³-hybridized carbons (Fsp3) is 0.100. The van der Waals surface area contributed by atoms with Crippen molar-refractivity contribution in [1.29, 1.82) is 0 Å². The van der Waals surface area contributed by atoms with Crippen LogP contribution < -0.4 is 0 Å². The van der Waals surface area contributed by atoms with Gasteiger partial charge >= 0.3 is 0 Å². The SMILES string of the molecule is SCC#Cc1ccc(-c2nn[nH]n2)cc1. The summed E-state index contributed by atoms with van der Waals surface area (Å²) in [6.07, 6.45) is 0. The third kappa shape index (κ3) is 2.36. The number of nitrogens with one attached hydrogen (secondary N) is 1. The normalized spacial score (nSPS) is 9.40. The molecule has 0 fully saturated rings. The Morgan fingerprint density at radius 1 is 1.27 bits per heavy atom. The third-order valence-corrected chi connectivity index (χ3v) is 1.96. The monoisotopic (exact) mass is 216 g/mol. The Morgan fingerprint density at radius 3 is 2.67 bits per heavy atom. The first kappa shape index (κ1) is 9.74. The Balaban J connectivity index is 2.25. The summed E-state index contributed by atoms with van der Waals surface area (Å²) >= 11 is 4.01. The lowest BCUT2D eigenvalue weighted by Gasteiger charge is -1.93. The van der Waals surface area contributed by atoms with Crippen LogP contribution in [0.1, 0.15) is 5.56 Å². The Bertz CT molecular complexity index is 478. The van der Waals surface area contributed by atoms with Crippen molar-refractivity contribution in [3.8, 4) is 23.2 Å². The number of nitrogens with zero attached hydrogens (tertiary/aromatic N) is 3. The zero-order valence-corrected chi connectivity index (χ0v) is 8.70. The van der Waals surface area contributed by atoms with Gasteiger partial charge in [-0.05, 0) is 29.5 Å². The van der Waals surface area contributed by atoms with Gasteiger partial charge in [0.25, 0.3) is 0 Å². The van der Waals surface area contributed by atoms with Crippen molar-refractivity contribution in [1.82, 2.24) is 20.6 Å². The molecule has 0 radical (unpaired) electrons. The fourth-order valence-electron chi connectivity index (χ4n) is 1.13. The number of benzene rings is 1. The van der Waals surface area contributed by atoms with Crippen molar-refractivity contribution in [3.63, 3.8) is 0 Å². The highest BCUT2D eigenvalue weighted by Crippen LogP contribution is 2.13. The van der Waals surface area contributed by atoms with Crippen LogP contribution in [-0.2, 0) is 0 Å². The van der Waals surface area contributed by atoms with Crippen LogP contribution in [0.25, 0.3) is 11.4 Å².